The molecule has 0 fully saturated rings. The molecule has 9 nitrogen and oxygen atoms in total. The van der Waals surface area contributed by atoms with Crippen LogP contribution in [0.5, 0.6) is 0 Å². The van der Waals surface area contributed by atoms with Crippen molar-refractivity contribution in [1.82, 2.24) is 30.4 Å². The highest BCUT2D eigenvalue weighted by atomic mass is 16.3. The van der Waals surface area contributed by atoms with Crippen molar-refractivity contribution in [3.8, 4) is 0 Å². The average molecular weight is 406 g/mol. The summed E-state index contributed by atoms with van der Waals surface area (Å²) in [5.74, 6) is 2.40. The zero-order valence-corrected chi connectivity index (χ0v) is 17.4. The van der Waals surface area contributed by atoms with E-state index in [-0.39, 0.29) is 0 Å². The second-order valence-electron chi connectivity index (χ2n) is 6.92. The quantitative estimate of drug-likeness (QED) is 0.246. The normalized spacial score (nSPS) is 11.9. The Morgan fingerprint density at radius 2 is 2.00 bits per heavy atom. The minimum absolute atomic E-state index is 0.478. The summed E-state index contributed by atoms with van der Waals surface area (Å²) in [6.07, 6.45) is 3.31. The molecule has 1 aromatic carbocycles. The first-order valence-electron chi connectivity index (χ1n) is 10.0. The van der Waals surface area contributed by atoms with Crippen LogP contribution in [0.25, 0.3) is 22.0 Å². The van der Waals surface area contributed by atoms with Crippen LogP contribution in [-0.4, -0.2) is 45.3 Å². The van der Waals surface area contributed by atoms with Crippen molar-refractivity contribution in [2.24, 2.45) is 12.0 Å². The number of benzene rings is 1. The molecule has 0 saturated carbocycles. The second-order valence-corrected chi connectivity index (χ2v) is 6.92. The number of aryl methyl sites for hydroxylation is 2. The molecule has 0 aliphatic heterocycles. The lowest BCUT2D eigenvalue weighted by Gasteiger charge is -2.12. The van der Waals surface area contributed by atoms with E-state index in [4.69, 9.17) is 4.42 Å². The molecular weight excluding hydrogens is 380 g/mol. The highest BCUT2D eigenvalue weighted by Crippen LogP contribution is 2.25. The van der Waals surface area contributed by atoms with Crippen LogP contribution < -0.4 is 16.0 Å². The van der Waals surface area contributed by atoms with E-state index >= 15 is 0 Å². The number of fused-ring (bicyclic) bond motifs is 2. The van der Waals surface area contributed by atoms with E-state index in [0.717, 1.165) is 51.6 Å². The van der Waals surface area contributed by atoms with E-state index < -0.39 is 0 Å². The van der Waals surface area contributed by atoms with Crippen molar-refractivity contribution in [3.05, 3.63) is 48.1 Å². The van der Waals surface area contributed by atoms with Gasteiger partial charge in [0, 0.05) is 37.6 Å². The Bertz CT molecular complexity index is 1180. The van der Waals surface area contributed by atoms with Gasteiger partial charge in [0.25, 0.3) is 0 Å². The number of hydrogen-bond acceptors (Lipinski definition) is 6. The zero-order valence-electron chi connectivity index (χ0n) is 17.4. The minimum Gasteiger partial charge on any atom is -0.459 e. The Labute approximate surface area is 174 Å². The Morgan fingerprint density at radius 3 is 2.83 bits per heavy atom. The van der Waals surface area contributed by atoms with Gasteiger partial charge in [-0.15, -0.1) is 0 Å². The van der Waals surface area contributed by atoms with Crippen molar-refractivity contribution in [1.29, 1.82) is 0 Å². The van der Waals surface area contributed by atoms with E-state index in [0.29, 0.717) is 19.6 Å². The van der Waals surface area contributed by atoms with Crippen molar-refractivity contribution in [2.75, 3.05) is 25.0 Å². The number of furan rings is 1. The van der Waals surface area contributed by atoms with Gasteiger partial charge in [-0.05, 0) is 19.9 Å². The highest BCUT2D eigenvalue weighted by Gasteiger charge is 2.10. The Balaban J connectivity index is 1.36. The van der Waals surface area contributed by atoms with Gasteiger partial charge in [0.15, 0.2) is 11.6 Å². The number of rotatable bonds is 7. The summed E-state index contributed by atoms with van der Waals surface area (Å²) in [4.78, 5) is 13.2. The molecule has 0 aliphatic carbocycles. The molecule has 0 radical (unpaired) electrons. The SMILES string of the molecule is CCNC(=NCc1oc2ccccc2c1C)NCCNc1ncnc2c1cnn2C. The molecule has 0 amide bonds. The van der Waals surface area contributed by atoms with Gasteiger partial charge in [-0.2, -0.15) is 5.10 Å². The van der Waals surface area contributed by atoms with Gasteiger partial charge in [-0.1, -0.05) is 18.2 Å². The molecule has 156 valence electrons. The molecule has 9 heteroatoms. The summed E-state index contributed by atoms with van der Waals surface area (Å²) in [5, 5.41) is 16.2. The lowest BCUT2D eigenvalue weighted by molar-refractivity contribution is 0.548. The lowest BCUT2D eigenvalue weighted by Crippen LogP contribution is -2.39. The van der Waals surface area contributed by atoms with E-state index in [2.05, 4.69) is 49.0 Å². The molecule has 4 aromatic rings. The molecular formula is C21H26N8O. The van der Waals surface area contributed by atoms with Crippen LogP contribution in [0.15, 0.2) is 46.2 Å². The number of nitrogens with zero attached hydrogens (tertiary/aromatic N) is 5. The monoisotopic (exact) mass is 406 g/mol. The Kier molecular flexibility index (Phi) is 5.78. The van der Waals surface area contributed by atoms with E-state index in [1.165, 1.54) is 0 Å². The fourth-order valence-electron chi connectivity index (χ4n) is 3.33. The number of guanidine groups is 1. The zero-order chi connectivity index (χ0) is 20.9. The maximum Gasteiger partial charge on any atom is 0.191 e. The molecule has 3 N–H and O–H groups in total. The molecule has 0 unspecified atom stereocenters. The third-order valence-electron chi connectivity index (χ3n) is 4.91. The van der Waals surface area contributed by atoms with Gasteiger partial charge in [0.05, 0.1) is 11.6 Å². The number of aliphatic imine (C=N–C) groups is 1. The third-order valence-corrected chi connectivity index (χ3v) is 4.91. The number of para-hydroxylation sites is 1. The van der Waals surface area contributed by atoms with Gasteiger partial charge in [-0.3, -0.25) is 4.68 Å². The molecule has 0 atom stereocenters. The summed E-state index contributed by atoms with van der Waals surface area (Å²) >= 11 is 0. The number of hydrogen-bond donors (Lipinski definition) is 3. The molecule has 0 saturated heterocycles. The molecule has 0 bridgehead atoms. The van der Waals surface area contributed by atoms with Gasteiger partial charge >= 0.3 is 0 Å². The summed E-state index contributed by atoms with van der Waals surface area (Å²) < 4.78 is 7.69. The highest BCUT2D eigenvalue weighted by molar-refractivity contribution is 5.86. The predicted molar refractivity (Wildman–Crippen MR) is 119 cm³/mol. The summed E-state index contributed by atoms with van der Waals surface area (Å²) in [5.41, 5.74) is 2.83. The maximum atomic E-state index is 5.96. The largest absolute Gasteiger partial charge is 0.459 e. The first-order chi connectivity index (χ1) is 14.7. The van der Waals surface area contributed by atoms with Gasteiger partial charge in [0.2, 0.25) is 0 Å². The van der Waals surface area contributed by atoms with Crippen LogP contribution in [-0.2, 0) is 13.6 Å². The van der Waals surface area contributed by atoms with Crippen LogP contribution in [0, 0.1) is 6.92 Å². The van der Waals surface area contributed by atoms with Crippen molar-refractivity contribution in [2.45, 2.75) is 20.4 Å². The fourth-order valence-corrected chi connectivity index (χ4v) is 3.33. The molecule has 4 rings (SSSR count). The van der Waals surface area contributed by atoms with Gasteiger partial charge < -0.3 is 20.4 Å². The standard InChI is InChI=1S/C21H26N8O/c1-4-22-21(25-12-18-14(2)15-7-5-6-8-17(15)30-18)24-10-9-23-19-16-11-28-29(3)20(16)27-13-26-19/h5-8,11,13H,4,9-10,12H2,1-3H3,(H2,22,24,25)(H,23,26,27). The number of nitrogens with one attached hydrogen (secondary N) is 3. The molecule has 3 heterocycles. The molecule has 30 heavy (non-hydrogen) atoms. The Morgan fingerprint density at radius 1 is 1.13 bits per heavy atom. The molecule has 0 spiro atoms. The van der Waals surface area contributed by atoms with Crippen LogP contribution in [0.4, 0.5) is 5.82 Å². The minimum atomic E-state index is 0.478. The summed E-state index contributed by atoms with van der Waals surface area (Å²) in [6, 6.07) is 8.06. The van der Waals surface area contributed by atoms with E-state index in [1.54, 1.807) is 17.2 Å². The molecule has 0 aliphatic rings. The summed E-state index contributed by atoms with van der Waals surface area (Å²) in [7, 11) is 1.86. The van der Waals surface area contributed by atoms with Crippen LogP contribution in [0.2, 0.25) is 0 Å². The van der Waals surface area contributed by atoms with Crippen molar-refractivity contribution < 1.29 is 4.42 Å². The average Bonchev–Trinajstić information content (AvgIpc) is 3.30. The topological polar surface area (TPSA) is 105 Å². The van der Waals surface area contributed by atoms with E-state index in [1.807, 2.05) is 32.2 Å². The number of aromatic nitrogens is 4. The molecule has 3 aromatic heterocycles. The van der Waals surface area contributed by atoms with Crippen molar-refractivity contribution >= 4 is 33.8 Å². The second kappa shape index (κ2) is 8.81. The van der Waals surface area contributed by atoms with Crippen LogP contribution in [0.3, 0.4) is 0 Å². The smallest absolute Gasteiger partial charge is 0.191 e. The lowest BCUT2D eigenvalue weighted by atomic mass is 10.1. The first kappa shape index (κ1) is 19.7. The van der Waals surface area contributed by atoms with E-state index in [9.17, 15) is 0 Å². The van der Waals surface area contributed by atoms with Gasteiger partial charge in [-0.25, -0.2) is 15.0 Å². The fraction of sp³-hybridized carbons (Fsp3) is 0.333. The van der Waals surface area contributed by atoms with Crippen LogP contribution >= 0.6 is 0 Å². The Hall–Kier alpha value is -3.62. The summed E-state index contributed by atoms with van der Waals surface area (Å²) in [6.45, 7) is 6.72. The van der Waals surface area contributed by atoms with Gasteiger partial charge in [0.1, 0.15) is 30.0 Å². The number of anilines is 1. The van der Waals surface area contributed by atoms with Crippen LogP contribution in [0.1, 0.15) is 18.2 Å². The van der Waals surface area contributed by atoms with Crippen molar-refractivity contribution in [3.63, 3.8) is 0 Å². The maximum absolute atomic E-state index is 5.96. The first-order valence-corrected chi connectivity index (χ1v) is 10.0. The predicted octanol–water partition coefficient (Wildman–Crippen LogP) is 2.59. The third kappa shape index (κ3) is 4.05.